The molecule has 0 saturated carbocycles. The molecule has 0 radical (unpaired) electrons. The predicted molar refractivity (Wildman–Crippen MR) is 81.3 cm³/mol. The van der Waals surface area contributed by atoms with Crippen molar-refractivity contribution in [2.24, 2.45) is 5.41 Å². The molecule has 0 spiro atoms. The molecule has 1 saturated heterocycles. The molecule has 1 aliphatic rings. The van der Waals surface area contributed by atoms with E-state index in [-0.39, 0.29) is 12.3 Å². The first-order valence-corrected chi connectivity index (χ1v) is 7.32. The fraction of sp³-hybridized carbons (Fsp3) is 0.500. The zero-order valence-corrected chi connectivity index (χ0v) is 12.3. The van der Waals surface area contributed by atoms with E-state index in [1.807, 2.05) is 37.3 Å². The summed E-state index contributed by atoms with van der Waals surface area (Å²) in [6, 6.07) is 9.47. The summed E-state index contributed by atoms with van der Waals surface area (Å²) in [7, 11) is 0. The van der Waals surface area contributed by atoms with Crippen molar-refractivity contribution in [2.45, 2.75) is 26.2 Å². The van der Waals surface area contributed by atoms with E-state index in [2.05, 4.69) is 5.32 Å². The van der Waals surface area contributed by atoms with Crippen molar-refractivity contribution >= 4 is 17.6 Å². The maximum Gasteiger partial charge on any atom is 0.303 e. The molecular formula is C16H22N2O3. The van der Waals surface area contributed by atoms with Crippen molar-refractivity contribution < 1.29 is 14.7 Å². The molecule has 1 aromatic rings. The van der Waals surface area contributed by atoms with E-state index >= 15 is 0 Å². The maximum absolute atomic E-state index is 12.9. The fourth-order valence-electron chi connectivity index (χ4n) is 2.67. The number of rotatable bonds is 6. The second-order valence-electron chi connectivity index (χ2n) is 5.78. The van der Waals surface area contributed by atoms with Crippen molar-refractivity contribution in [2.75, 3.05) is 24.5 Å². The molecule has 1 unspecified atom stereocenters. The minimum Gasteiger partial charge on any atom is -0.481 e. The van der Waals surface area contributed by atoms with E-state index in [0.717, 1.165) is 18.7 Å². The number of anilines is 1. The van der Waals surface area contributed by atoms with Crippen LogP contribution in [0, 0.1) is 5.41 Å². The normalized spacial score (nSPS) is 21.2. The number of nitrogens with one attached hydrogen (secondary N) is 1. The van der Waals surface area contributed by atoms with Gasteiger partial charge in [-0.1, -0.05) is 18.2 Å². The number of hydrogen-bond acceptors (Lipinski definition) is 3. The molecule has 2 N–H and O–H groups in total. The second kappa shape index (κ2) is 6.72. The zero-order chi connectivity index (χ0) is 15.3. The van der Waals surface area contributed by atoms with Gasteiger partial charge in [0, 0.05) is 25.2 Å². The molecule has 5 nitrogen and oxygen atoms in total. The van der Waals surface area contributed by atoms with E-state index in [0.29, 0.717) is 19.5 Å². The van der Waals surface area contributed by atoms with Crippen LogP contribution < -0.4 is 10.2 Å². The molecule has 1 amide bonds. The van der Waals surface area contributed by atoms with Gasteiger partial charge in [-0.05, 0) is 38.4 Å². The summed E-state index contributed by atoms with van der Waals surface area (Å²) in [5.74, 6) is -0.756. The van der Waals surface area contributed by atoms with Crippen molar-refractivity contribution in [3.63, 3.8) is 0 Å². The van der Waals surface area contributed by atoms with Gasteiger partial charge < -0.3 is 15.3 Å². The minimum absolute atomic E-state index is 0.0732. The smallest absolute Gasteiger partial charge is 0.303 e. The Morgan fingerprint density at radius 3 is 2.62 bits per heavy atom. The highest BCUT2D eigenvalue weighted by atomic mass is 16.4. The van der Waals surface area contributed by atoms with Gasteiger partial charge in [-0.2, -0.15) is 0 Å². The first-order chi connectivity index (χ1) is 10.0. The molecule has 0 bridgehead atoms. The summed E-state index contributed by atoms with van der Waals surface area (Å²) < 4.78 is 0. The Balaban J connectivity index is 2.15. The van der Waals surface area contributed by atoms with Gasteiger partial charge in [-0.3, -0.25) is 9.59 Å². The van der Waals surface area contributed by atoms with Crippen LogP contribution in [0.1, 0.15) is 26.2 Å². The van der Waals surface area contributed by atoms with Gasteiger partial charge in [0.1, 0.15) is 0 Å². The van der Waals surface area contributed by atoms with Crippen LogP contribution in [-0.4, -0.2) is 36.6 Å². The summed E-state index contributed by atoms with van der Waals surface area (Å²) >= 11 is 0. The monoisotopic (exact) mass is 290 g/mol. The molecule has 114 valence electrons. The number of hydrogen-bond donors (Lipinski definition) is 2. The van der Waals surface area contributed by atoms with E-state index in [1.54, 1.807) is 4.90 Å². The summed E-state index contributed by atoms with van der Waals surface area (Å²) in [5, 5.41) is 12.0. The lowest BCUT2D eigenvalue weighted by atomic mass is 9.87. The topological polar surface area (TPSA) is 69.6 Å². The lowest BCUT2D eigenvalue weighted by Gasteiger charge is -2.31. The molecule has 1 aliphatic heterocycles. The Kier molecular flexibility index (Phi) is 4.96. The average Bonchev–Trinajstić information content (AvgIpc) is 2.92. The Hall–Kier alpha value is -1.88. The lowest BCUT2D eigenvalue weighted by molar-refractivity contribution is -0.137. The molecule has 1 atom stereocenters. The first kappa shape index (κ1) is 15.5. The van der Waals surface area contributed by atoms with E-state index < -0.39 is 11.4 Å². The number of carboxylic acids is 1. The Morgan fingerprint density at radius 2 is 2.05 bits per heavy atom. The van der Waals surface area contributed by atoms with Gasteiger partial charge in [-0.25, -0.2) is 0 Å². The van der Waals surface area contributed by atoms with E-state index in [4.69, 9.17) is 5.11 Å². The Labute approximate surface area is 125 Å². The first-order valence-electron chi connectivity index (χ1n) is 7.32. The molecule has 2 rings (SSSR count). The van der Waals surface area contributed by atoms with Crippen LogP contribution in [-0.2, 0) is 9.59 Å². The number of amides is 1. The Bertz CT molecular complexity index is 496. The lowest BCUT2D eigenvalue weighted by Crippen LogP contribution is -2.44. The van der Waals surface area contributed by atoms with Crippen LogP contribution in [0.2, 0.25) is 0 Å². The highest BCUT2D eigenvalue weighted by Gasteiger charge is 2.39. The zero-order valence-electron chi connectivity index (χ0n) is 12.3. The summed E-state index contributed by atoms with van der Waals surface area (Å²) in [6.07, 6.45) is 1.35. The van der Waals surface area contributed by atoms with Crippen LogP contribution in [0.4, 0.5) is 5.69 Å². The number of para-hydroxylation sites is 1. The van der Waals surface area contributed by atoms with Gasteiger partial charge in [0.2, 0.25) is 5.91 Å². The van der Waals surface area contributed by atoms with Crippen LogP contribution in [0.5, 0.6) is 0 Å². The quantitative estimate of drug-likeness (QED) is 0.839. The third-order valence-electron chi connectivity index (χ3n) is 3.97. The van der Waals surface area contributed by atoms with Gasteiger partial charge in [0.15, 0.2) is 0 Å². The SMILES string of the molecule is CC1(C(=O)N(CCCC(=O)O)c2ccccc2)CCNC1. The number of carboxylic acid groups (broad SMARTS) is 1. The average molecular weight is 290 g/mol. The van der Waals surface area contributed by atoms with E-state index in [1.165, 1.54) is 0 Å². The standard InChI is InChI=1S/C16H22N2O3/c1-16(9-10-17-12-16)15(21)18(11-5-8-14(19)20)13-6-3-2-4-7-13/h2-4,6-7,17H,5,8-12H2,1H3,(H,19,20). The van der Waals surface area contributed by atoms with Crippen LogP contribution in [0.3, 0.4) is 0 Å². The highest BCUT2D eigenvalue weighted by Crippen LogP contribution is 2.30. The van der Waals surface area contributed by atoms with E-state index in [9.17, 15) is 9.59 Å². The minimum atomic E-state index is -0.829. The molecule has 0 aliphatic carbocycles. The molecule has 21 heavy (non-hydrogen) atoms. The second-order valence-corrected chi connectivity index (χ2v) is 5.78. The predicted octanol–water partition coefficient (Wildman–Crippen LogP) is 1.88. The number of carbonyl (C=O) groups is 2. The van der Waals surface area contributed by atoms with Gasteiger partial charge in [0.05, 0.1) is 5.41 Å². The third kappa shape index (κ3) is 3.82. The molecule has 1 heterocycles. The third-order valence-corrected chi connectivity index (χ3v) is 3.97. The van der Waals surface area contributed by atoms with Crippen molar-refractivity contribution in [1.82, 2.24) is 5.32 Å². The van der Waals surface area contributed by atoms with Crippen molar-refractivity contribution in [3.05, 3.63) is 30.3 Å². The molecule has 0 aromatic heterocycles. The van der Waals surface area contributed by atoms with Gasteiger partial charge >= 0.3 is 5.97 Å². The fourth-order valence-corrected chi connectivity index (χ4v) is 2.67. The number of carbonyl (C=O) groups excluding carboxylic acids is 1. The molecule has 1 fully saturated rings. The summed E-state index contributed by atoms with van der Waals surface area (Å²) in [4.78, 5) is 25.3. The number of aliphatic carboxylic acids is 1. The number of benzene rings is 1. The Morgan fingerprint density at radius 1 is 1.33 bits per heavy atom. The van der Waals surface area contributed by atoms with Crippen LogP contribution >= 0.6 is 0 Å². The number of nitrogens with zero attached hydrogens (tertiary/aromatic N) is 1. The summed E-state index contributed by atoms with van der Waals surface area (Å²) in [5.41, 5.74) is 0.431. The van der Waals surface area contributed by atoms with Crippen molar-refractivity contribution in [1.29, 1.82) is 0 Å². The molecular weight excluding hydrogens is 268 g/mol. The summed E-state index contributed by atoms with van der Waals surface area (Å²) in [6.45, 7) is 3.93. The largest absolute Gasteiger partial charge is 0.481 e. The highest BCUT2D eigenvalue weighted by molar-refractivity contribution is 5.97. The van der Waals surface area contributed by atoms with Crippen LogP contribution in [0.15, 0.2) is 30.3 Å². The molecule has 5 heteroatoms. The van der Waals surface area contributed by atoms with Gasteiger partial charge in [-0.15, -0.1) is 0 Å². The van der Waals surface area contributed by atoms with Gasteiger partial charge in [0.25, 0.3) is 0 Å². The van der Waals surface area contributed by atoms with Crippen LogP contribution in [0.25, 0.3) is 0 Å². The molecule has 1 aromatic carbocycles. The maximum atomic E-state index is 12.9. The van der Waals surface area contributed by atoms with Crippen molar-refractivity contribution in [3.8, 4) is 0 Å².